The molecule has 1 saturated heterocycles. The number of rotatable bonds is 3. The van der Waals surface area contributed by atoms with Gasteiger partial charge in [0, 0.05) is 6.42 Å². The van der Waals surface area contributed by atoms with Crippen LogP contribution in [0, 0.1) is 0 Å². The molecule has 6 nitrogen and oxygen atoms in total. The Morgan fingerprint density at radius 2 is 2.17 bits per heavy atom. The van der Waals surface area contributed by atoms with Gasteiger partial charge in [-0.2, -0.15) is 0 Å². The average molecular weight is 243 g/mol. The van der Waals surface area contributed by atoms with Crippen LogP contribution in [-0.2, 0) is 11.3 Å². The van der Waals surface area contributed by atoms with Crippen molar-refractivity contribution in [1.29, 1.82) is 0 Å². The van der Waals surface area contributed by atoms with Crippen LogP contribution in [0.15, 0.2) is 30.3 Å². The summed E-state index contributed by atoms with van der Waals surface area (Å²) in [6.45, 7) is 0.621. The van der Waals surface area contributed by atoms with Gasteiger partial charge in [0.1, 0.15) is 0 Å². The number of carbonyl (C=O) groups is 1. The van der Waals surface area contributed by atoms with E-state index in [1.54, 1.807) is 4.68 Å². The molecule has 1 aliphatic rings. The van der Waals surface area contributed by atoms with E-state index in [1.165, 1.54) is 0 Å². The van der Waals surface area contributed by atoms with E-state index in [-0.39, 0.29) is 11.9 Å². The van der Waals surface area contributed by atoms with Gasteiger partial charge in [-0.3, -0.25) is 4.79 Å². The summed E-state index contributed by atoms with van der Waals surface area (Å²) in [6.07, 6.45) is 1.30. The first-order chi connectivity index (χ1) is 8.83. The Labute approximate surface area is 104 Å². The summed E-state index contributed by atoms with van der Waals surface area (Å²) in [6, 6.07) is 9.93. The van der Waals surface area contributed by atoms with Gasteiger partial charge >= 0.3 is 0 Å². The number of benzene rings is 1. The summed E-state index contributed by atoms with van der Waals surface area (Å²) < 4.78 is 1.74. The third kappa shape index (κ3) is 2.09. The maximum absolute atomic E-state index is 11.2. The Bertz CT molecular complexity index is 551. The van der Waals surface area contributed by atoms with Crippen molar-refractivity contribution in [1.82, 2.24) is 25.5 Å². The minimum atomic E-state index is -0.0591. The molecule has 1 atom stereocenters. The van der Waals surface area contributed by atoms with E-state index in [0.717, 1.165) is 17.8 Å². The topological polar surface area (TPSA) is 72.7 Å². The largest absolute Gasteiger partial charge is 0.346 e. The molecule has 0 bridgehead atoms. The Kier molecular flexibility index (Phi) is 2.76. The van der Waals surface area contributed by atoms with E-state index in [0.29, 0.717) is 13.0 Å². The molecular weight excluding hydrogens is 230 g/mol. The lowest BCUT2D eigenvalue weighted by molar-refractivity contribution is -0.119. The van der Waals surface area contributed by atoms with Gasteiger partial charge in [-0.05, 0) is 22.4 Å². The second-order valence-corrected chi connectivity index (χ2v) is 4.34. The van der Waals surface area contributed by atoms with Gasteiger partial charge in [0.25, 0.3) is 0 Å². The van der Waals surface area contributed by atoms with Crippen LogP contribution in [0.5, 0.6) is 0 Å². The van der Waals surface area contributed by atoms with Crippen molar-refractivity contribution < 1.29 is 4.79 Å². The zero-order chi connectivity index (χ0) is 12.4. The third-order valence-corrected chi connectivity index (χ3v) is 3.04. The molecule has 92 valence electrons. The minimum Gasteiger partial charge on any atom is -0.346 e. The predicted octanol–water partition coefficient (Wildman–Crippen LogP) is 0.672. The molecular formula is C12H13N5O. The smallest absolute Gasteiger partial charge is 0.220 e. The second-order valence-electron chi connectivity index (χ2n) is 4.34. The molecule has 2 aromatic rings. The highest BCUT2D eigenvalue weighted by atomic mass is 16.1. The number of hydrogen-bond acceptors (Lipinski definition) is 4. The molecule has 1 aliphatic heterocycles. The molecule has 0 unspecified atom stereocenters. The van der Waals surface area contributed by atoms with Gasteiger partial charge < -0.3 is 5.32 Å². The summed E-state index contributed by atoms with van der Waals surface area (Å²) in [7, 11) is 0. The average Bonchev–Trinajstić information content (AvgIpc) is 2.99. The first kappa shape index (κ1) is 10.9. The second kappa shape index (κ2) is 4.56. The van der Waals surface area contributed by atoms with Gasteiger partial charge in [-0.25, -0.2) is 4.68 Å². The standard InChI is InChI=1S/C12H13N5O/c18-11-7-6-10(13-11)12-14-15-16-17(12)8-9-4-2-1-3-5-9/h1-5,10H,6-8H2,(H,13,18)/t10-/m0/s1. The highest BCUT2D eigenvalue weighted by molar-refractivity contribution is 5.78. The Balaban J connectivity index is 1.81. The van der Waals surface area contributed by atoms with Crippen LogP contribution in [0.4, 0.5) is 0 Å². The molecule has 6 heteroatoms. The molecule has 0 radical (unpaired) electrons. The maximum Gasteiger partial charge on any atom is 0.220 e. The fraction of sp³-hybridized carbons (Fsp3) is 0.333. The van der Waals surface area contributed by atoms with Crippen molar-refractivity contribution in [2.45, 2.75) is 25.4 Å². The van der Waals surface area contributed by atoms with Crippen LogP contribution in [0.1, 0.15) is 30.3 Å². The molecule has 3 rings (SSSR count). The van der Waals surface area contributed by atoms with E-state index in [9.17, 15) is 4.79 Å². The van der Waals surface area contributed by atoms with Crippen molar-refractivity contribution in [3.63, 3.8) is 0 Å². The van der Waals surface area contributed by atoms with Crippen LogP contribution in [-0.4, -0.2) is 26.1 Å². The number of aromatic nitrogens is 4. The van der Waals surface area contributed by atoms with Crippen molar-refractivity contribution in [3.8, 4) is 0 Å². The van der Waals surface area contributed by atoms with Gasteiger partial charge in [0.15, 0.2) is 5.82 Å². The van der Waals surface area contributed by atoms with E-state index in [1.807, 2.05) is 30.3 Å². The Morgan fingerprint density at radius 3 is 2.89 bits per heavy atom. The van der Waals surface area contributed by atoms with Crippen LogP contribution in [0.2, 0.25) is 0 Å². The summed E-state index contributed by atoms with van der Waals surface area (Å²) in [5.41, 5.74) is 1.13. The Morgan fingerprint density at radius 1 is 1.33 bits per heavy atom. The molecule has 0 saturated carbocycles. The van der Waals surface area contributed by atoms with Crippen LogP contribution in [0.25, 0.3) is 0 Å². The molecule has 0 aliphatic carbocycles. The number of tetrazole rings is 1. The number of nitrogens with zero attached hydrogens (tertiary/aromatic N) is 4. The van der Waals surface area contributed by atoms with Crippen molar-refractivity contribution in [2.24, 2.45) is 0 Å². The predicted molar refractivity (Wildman–Crippen MR) is 63.5 cm³/mol. The first-order valence-corrected chi connectivity index (χ1v) is 5.92. The van der Waals surface area contributed by atoms with Gasteiger partial charge in [0.05, 0.1) is 12.6 Å². The summed E-state index contributed by atoms with van der Waals surface area (Å²) in [5, 5.41) is 14.6. The molecule has 1 N–H and O–H groups in total. The van der Waals surface area contributed by atoms with E-state index in [2.05, 4.69) is 20.8 Å². The normalized spacial score (nSPS) is 18.9. The molecule has 1 amide bonds. The number of hydrogen-bond donors (Lipinski definition) is 1. The fourth-order valence-electron chi connectivity index (χ4n) is 2.14. The monoisotopic (exact) mass is 243 g/mol. The summed E-state index contributed by atoms with van der Waals surface area (Å²) in [4.78, 5) is 11.2. The molecule has 2 heterocycles. The lowest BCUT2D eigenvalue weighted by atomic mass is 10.2. The lowest BCUT2D eigenvalue weighted by Gasteiger charge is -2.10. The number of carbonyl (C=O) groups excluding carboxylic acids is 1. The quantitative estimate of drug-likeness (QED) is 0.860. The van der Waals surface area contributed by atoms with Gasteiger partial charge in [-0.1, -0.05) is 30.3 Å². The number of nitrogens with one attached hydrogen (secondary N) is 1. The molecule has 1 aromatic heterocycles. The first-order valence-electron chi connectivity index (χ1n) is 5.92. The zero-order valence-corrected chi connectivity index (χ0v) is 9.78. The SMILES string of the molecule is O=C1CC[C@@H](c2nnnn2Cc2ccccc2)N1. The lowest BCUT2D eigenvalue weighted by Crippen LogP contribution is -2.22. The highest BCUT2D eigenvalue weighted by Crippen LogP contribution is 2.21. The van der Waals surface area contributed by atoms with Gasteiger partial charge in [-0.15, -0.1) is 5.10 Å². The molecule has 1 fully saturated rings. The van der Waals surface area contributed by atoms with E-state index >= 15 is 0 Å². The van der Waals surface area contributed by atoms with Crippen molar-refractivity contribution in [3.05, 3.63) is 41.7 Å². The molecule has 0 spiro atoms. The van der Waals surface area contributed by atoms with Crippen molar-refractivity contribution >= 4 is 5.91 Å². The van der Waals surface area contributed by atoms with Gasteiger partial charge in [0.2, 0.25) is 5.91 Å². The fourth-order valence-corrected chi connectivity index (χ4v) is 2.14. The van der Waals surface area contributed by atoms with Crippen molar-refractivity contribution in [2.75, 3.05) is 0 Å². The van der Waals surface area contributed by atoms with E-state index in [4.69, 9.17) is 0 Å². The Hall–Kier alpha value is -2.24. The van der Waals surface area contributed by atoms with E-state index < -0.39 is 0 Å². The summed E-state index contributed by atoms with van der Waals surface area (Å²) in [5.74, 6) is 0.791. The van der Waals surface area contributed by atoms with Crippen LogP contribution >= 0.6 is 0 Å². The third-order valence-electron chi connectivity index (χ3n) is 3.04. The molecule has 18 heavy (non-hydrogen) atoms. The summed E-state index contributed by atoms with van der Waals surface area (Å²) >= 11 is 0. The molecule has 1 aromatic carbocycles. The maximum atomic E-state index is 11.2. The van der Waals surface area contributed by atoms with Crippen LogP contribution in [0.3, 0.4) is 0 Å². The van der Waals surface area contributed by atoms with Crippen LogP contribution < -0.4 is 5.32 Å². The number of amides is 1. The zero-order valence-electron chi connectivity index (χ0n) is 9.78. The minimum absolute atomic E-state index is 0.0591. The highest BCUT2D eigenvalue weighted by Gasteiger charge is 2.27.